The molecule has 4 nitrogen and oxygen atoms in total. The van der Waals surface area contributed by atoms with E-state index in [0.717, 1.165) is 22.1 Å². The van der Waals surface area contributed by atoms with Crippen LogP contribution in [0.3, 0.4) is 0 Å². The maximum atomic E-state index is 11.1. The Hall–Kier alpha value is -2.40. The van der Waals surface area contributed by atoms with Gasteiger partial charge in [-0.15, -0.1) is 11.3 Å². The van der Waals surface area contributed by atoms with Crippen molar-refractivity contribution in [1.82, 2.24) is 9.97 Å². The normalized spacial score (nSPS) is 10.6. The first-order chi connectivity index (χ1) is 10.1. The van der Waals surface area contributed by atoms with E-state index >= 15 is 0 Å². The van der Waals surface area contributed by atoms with Gasteiger partial charge >= 0.3 is 0 Å². The van der Waals surface area contributed by atoms with E-state index in [4.69, 9.17) is 0 Å². The highest BCUT2D eigenvalue weighted by Crippen LogP contribution is 2.27. The summed E-state index contributed by atoms with van der Waals surface area (Å²) < 4.78 is 0. The zero-order valence-corrected chi connectivity index (χ0v) is 12.6. The van der Waals surface area contributed by atoms with Crippen molar-refractivity contribution < 1.29 is 0 Å². The van der Waals surface area contributed by atoms with Gasteiger partial charge in [0.05, 0.1) is 5.69 Å². The molecule has 0 saturated carbocycles. The number of H-pyrrole nitrogens is 1. The molecular formula is C16H15N3OS. The van der Waals surface area contributed by atoms with Gasteiger partial charge in [0.1, 0.15) is 0 Å². The van der Waals surface area contributed by atoms with Crippen molar-refractivity contribution in [1.29, 1.82) is 0 Å². The molecule has 5 heteroatoms. The van der Waals surface area contributed by atoms with Gasteiger partial charge in [-0.1, -0.05) is 6.07 Å². The molecule has 0 spiro atoms. The lowest BCUT2D eigenvalue weighted by Crippen LogP contribution is -2.01. The Morgan fingerprint density at radius 2 is 2.00 bits per heavy atom. The molecule has 0 bridgehead atoms. The van der Waals surface area contributed by atoms with Crippen molar-refractivity contribution in [2.24, 2.45) is 0 Å². The van der Waals surface area contributed by atoms with Gasteiger partial charge in [-0.05, 0) is 43.2 Å². The molecule has 2 aromatic heterocycles. The second-order valence-electron chi connectivity index (χ2n) is 4.90. The minimum atomic E-state index is -0.109. The minimum absolute atomic E-state index is 0.109. The highest BCUT2D eigenvalue weighted by atomic mass is 32.1. The van der Waals surface area contributed by atoms with Crippen LogP contribution in [-0.2, 0) is 0 Å². The Morgan fingerprint density at radius 3 is 2.71 bits per heavy atom. The first-order valence-electron chi connectivity index (χ1n) is 6.61. The number of benzene rings is 1. The topological polar surface area (TPSA) is 57.8 Å². The molecule has 21 heavy (non-hydrogen) atoms. The molecule has 0 atom stereocenters. The summed E-state index contributed by atoms with van der Waals surface area (Å²) in [5.41, 5.74) is 5.19. The largest absolute Gasteiger partial charge is 0.332 e. The first kappa shape index (κ1) is 13.6. The summed E-state index contributed by atoms with van der Waals surface area (Å²) in [5.74, 6) is 0. The molecule has 3 aromatic rings. The van der Waals surface area contributed by atoms with Gasteiger partial charge in [0, 0.05) is 28.9 Å². The van der Waals surface area contributed by atoms with Crippen LogP contribution in [0.5, 0.6) is 0 Å². The average molecular weight is 297 g/mol. The quantitative estimate of drug-likeness (QED) is 0.772. The van der Waals surface area contributed by atoms with Crippen molar-refractivity contribution in [2.45, 2.75) is 13.8 Å². The lowest BCUT2D eigenvalue weighted by atomic mass is 10.1. The highest BCUT2D eigenvalue weighted by Gasteiger charge is 2.05. The molecule has 3 rings (SSSR count). The van der Waals surface area contributed by atoms with Crippen LogP contribution in [0.2, 0.25) is 0 Å². The lowest BCUT2D eigenvalue weighted by molar-refractivity contribution is 1.23. The SMILES string of the molecule is Cc1ccc(Nc2nc(-c3ccc(=O)[nH]c3)cs2)cc1C. The Kier molecular flexibility index (Phi) is 3.58. The zero-order valence-electron chi connectivity index (χ0n) is 11.8. The maximum Gasteiger partial charge on any atom is 0.247 e. The number of hydrogen-bond donors (Lipinski definition) is 2. The summed E-state index contributed by atoms with van der Waals surface area (Å²) >= 11 is 1.54. The van der Waals surface area contributed by atoms with Crippen molar-refractivity contribution in [3.63, 3.8) is 0 Å². The molecule has 0 saturated heterocycles. The molecule has 1 aromatic carbocycles. The number of hydrogen-bond acceptors (Lipinski definition) is 4. The van der Waals surface area contributed by atoms with E-state index in [0.29, 0.717) is 0 Å². The molecule has 0 radical (unpaired) electrons. The molecule has 2 N–H and O–H groups in total. The van der Waals surface area contributed by atoms with Crippen LogP contribution in [-0.4, -0.2) is 9.97 Å². The summed E-state index contributed by atoms with van der Waals surface area (Å²) in [6.45, 7) is 4.19. The second-order valence-corrected chi connectivity index (χ2v) is 5.76. The fourth-order valence-electron chi connectivity index (χ4n) is 1.98. The monoisotopic (exact) mass is 297 g/mol. The van der Waals surface area contributed by atoms with E-state index in [1.165, 1.54) is 28.5 Å². The Bertz CT molecular complexity index is 815. The third-order valence-electron chi connectivity index (χ3n) is 3.34. The average Bonchev–Trinajstić information content (AvgIpc) is 2.92. The number of thiazole rings is 1. The van der Waals surface area contributed by atoms with Crippen LogP contribution in [0.4, 0.5) is 10.8 Å². The van der Waals surface area contributed by atoms with Crippen molar-refractivity contribution in [3.05, 3.63) is 63.4 Å². The van der Waals surface area contributed by atoms with E-state index in [1.807, 2.05) is 11.4 Å². The van der Waals surface area contributed by atoms with Crippen LogP contribution in [0.1, 0.15) is 11.1 Å². The predicted molar refractivity (Wildman–Crippen MR) is 87.4 cm³/mol. The number of aryl methyl sites for hydroxylation is 2. The van der Waals surface area contributed by atoms with Crippen LogP contribution in [0, 0.1) is 13.8 Å². The molecule has 0 unspecified atom stereocenters. The number of nitrogens with zero attached hydrogens (tertiary/aromatic N) is 1. The molecule has 0 aliphatic rings. The third kappa shape index (κ3) is 3.03. The van der Waals surface area contributed by atoms with E-state index in [1.54, 1.807) is 12.3 Å². The Balaban J connectivity index is 1.83. The summed E-state index contributed by atoms with van der Waals surface area (Å²) in [5, 5.41) is 6.11. The maximum absolute atomic E-state index is 11.1. The molecule has 0 aliphatic carbocycles. The lowest BCUT2D eigenvalue weighted by Gasteiger charge is -2.05. The molecule has 0 amide bonds. The van der Waals surface area contributed by atoms with Crippen LogP contribution < -0.4 is 10.9 Å². The van der Waals surface area contributed by atoms with Gasteiger partial charge in [-0.3, -0.25) is 4.79 Å². The van der Waals surface area contributed by atoms with E-state index in [2.05, 4.69) is 41.3 Å². The van der Waals surface area contributed by atoms with Crippen LogP contribution in [0.25, 0.3) is 11.3 Å². The Morgan fingerprint density at radius 1 is 1.14 bits per heavy atom. The molecule has 0 aliphatic heterocycles. The summed E-state index contributed by atoms with van der Waals surface area (Å²) in [6, 6.07) is 9.52. The van der Waals surface area contributed by atoms with E-state index in [9.17, 15) is 4.79 Å². The van der Waals surface area contributed by atoms with Crippen LogP contribution >= 0.6 is 11.3 Å². The van der Waals surface area contributed by atoms with Gasteiger partial charge in [0.2, 0.25) is 5.56 Å². The van der Waals surface area contributed by atoms with Crippen molar-refractivity contribution in [3.8, 4) is 11.3 Å². The summed E-state index contributed by atoms with van der Waals surface area (Å²) in [4.78, 5) is 18.3. The summed E-state index contributed by atoms with van der Waals surface area (Å²) in [6.07, 6.45) is 1.68. The van der Waals surface area contributed by atoms with E-state index in [-0.39, 0.29) is 5.56 Å². The number of rotatable bonds is 3. The fraction of sp³-hybridized carbons (Fsp3) is 0.125. The number of pyridine rings is 1. The standard InChI is InChI=1S/C16H15N3OS/c1-10-3-5-13(7-11(10)2)18-16-19-14(9-21-16)12-4-6-15(20)17-8-12/h3-9H,1-2H3,(H,17,20)(H,18,19). The number of aromatic amines is 1. The Labute approximate surface area is 126 Å². The fourth-order valence-corrected chi connectivity index (χ4v) is 2.72. The van der Waals surface area contributed by atoms with Gasteiger partial charge in [-0.25, -0.2) is 4.98 Å². The zero-order chi connectivity index (χ0) is 14.8. The predicted octanol–water partition coefficient (Wildman–Crippen LogP) is 3.86. The van der Waals surface area contributed by atoms with Crippen molar-refractivity contribution in [2.75, 3.05) is 5.32 Å². The van der Waals surface area contributed by atoms with Gasteiger partial charge < -0.3 is 10.3 Å². The number of nitrogens with one attached hydrogen (secondary N) is 2. The van der Waals surface area contributed by atoms with Gasteiger partial charge in [0.25, 0.3) is 0 Å². The summed E-state index contributed by atoms with van der Waals surface area (Å²) in [7, 11) is 0. The number of anilines is 2. The third-order valence-corrected chi connectivity index (χ3v) is 4.10. The van der Waals surface area contributed by atoms with Gasteiger partial charge in [0.15, 0.2) is 5.13 Å². The molecule has 106 valence electrons. The van der Waals surface area contributed by atoms with E-state index < -0.39 is 0 Å². The van der Waals surface area contributed by atoms with Gasteiger partial charge in [-0.2, -0.15) is 0 Å². The van der Waals surface area contributed by atoms with Crippen LogP contribution in [0.15, 0.2) is 46.7 Å². The first-order valence-corrected chi connectivity index (χ1v) is 7.49. The molecule has 0 fully saturated rings. The molecular weight excluding hydrogens is 282 g/mol. The minimum Gasteiger partial charge on any atom is -0.332 e. The number of aromatic nitrogens is 2. The highest BCUT2D eigenvalue weighted by molar-refractivity contribution is 7.14. The smallest absolute Gasteiger partial charge is 0.247 e. The second kappa shape index (κ2) is 5.54. The molecule has 2 heterocycles. The van der Waals surface area contributed by atoms with Crippen molar-refractivity contribution >= 4 is 22.2 Å².